The quantitative estimate of drug-likeness (QED) is 0.941. The van der Waals surface area contributed by atoms with Crippen LogP contribution in [0.3, 0.4) is 0 Å². The van der Waals surface area contributed by atoms with Gasteiger partial charge in [0, 0.05) is 29.2 Å². The molecule has 0 spiro atoms. The second kappa shape index (κ2) is 6.08. The van der Waals surface area contributed by atoms with Crippen LogP contribution >= 0.6 is 11.6 Å². The summed E-state index contributed by atoms with van der Waals surface area (Å²) in [5.74, 6) is 0. The molecule has 0 unspecified atom stereocenters. The second-order valence-corrected chi connectivity index (χ2v) is 5.85. The lowest BCUT2D eigenvalue weighted by Gasteiger charge is -2.31. The number of halogens is 1. The molecule has 106 valence electrons. The van der Waals surface area contributed by atoms with E-state index in [9.17, 15) is 0 Å². The summed E-state index contributed by atoms with van der Waals surface area (Å²) < 4.78 is 0. The summed E-state index contributed by atoms with van der Waals surface area (Å²) in [5.41, 5.74) is 2.31. The molecule has 1 aromatic carbocycles. The van der Waals surface area contributed by atoms with E-state index in [0.717, 1.165) is 35.6 Å². The Labute approximate surface area is 124 Å². The summed E-state index contributed by atoms with van der Waals surface area (Å²) >= 11 is 6.25. The first-order valence-electron chi connectivity index (χ1n) is 7.19. The number of aromatic nitrogens is 1. The van der Waals surface area contributed by atoms with Crippen molar-refractivity contribution in [3.8, 4) is 0 Å². The molecule has 1 aromatic heterocycles. The monoisotopic (exact) mass is 289 g/mol. The molecule has 0 radical (unpaired) electrons. The molecule has 4 heteroatoms. The average molecular weight is 290 g/mol. The van der Waals surface area contributed by atoms with Crippen molar-refractivity contribution >= 4 is 22.5 Å². The van der Waals surface area contributed by atoms with Crippen LogP contribution in [-0.2, 0) is 6.54 Å². The highest BCUT2D eigenvalue weighted by atomic mass is 35.5. The minimum Gasteiger partial charge on any atom is -0.317 e. The Hall–Kier alpha value is -1.16. The van der Waals surface area contributed by atoms with Gasteiger partial charge in [0.15, 0.2) is 0 Å². The van der Waals surface area contributed by atoms with Crippen LogP contribution in [0.2, 0.25) is 5.02 Å². The summed E-state index contributed by atoms with van der Waals surface area (Å²) in [5, 5.41) is 5.20. The molecule has 2 aromatic rings. The largest absolute Gasteiger partial charge is 0.317 e. The van der Waals surface area contributed by atoms with E-state index in [2.05, 4.69) is 28.3 Å². The molecular formula is C16H20ClN3. The molecule has 0 aliphatic carbocycles. The number of hydrogen-bond acceptors (Lipinski definition) is 3. The molecular weight excluding hydrogens is 270 g/mol. The van der Waals surface area contributed by atoms with Gasteiger partial charge in [-0.25, -0.2) is 0 Å². The fourth-order valence-corrected chi connectivity index (χ4v) is 3.16. The third-order valence-corrected chi connectivity index (χ3v) is 4.52. The van der Waals surface area contributed by atoms with Gasteiger partial charge in [-0.2, -0.15) is 0 Å². The van der Waals surface area contributed by atoms with Crippen LogP contribution in [0.5, 0.6) is 0 Å². The summed E-state index contributed by atoms with van der Waals surface area (Å²) in [6, 6.07) is 8.76. The molecule has 2 heterocycles. The van der Waals surface area contributed by atoms with Crippen LogP contribution in [0.25, 0.3) is 10.9 Å². The first kappa shape index (κ1) is 13.8. The van der Waals surface area contributed by atoms with Gasteiger partial charge >= 0.3 is 0 Å². The van der Waals surface area contributed by atoms with Gasteiger partial charge in [-0.05, 0) is 56.7 Å². The van der Waals surface area contributed by atoms with Crippen molar-refractivity contribution in [2.45, 2.75) is 25.4 Å². The van der Waals surface area contributed by atoms with Crippen LogP contribution < -0.4 is 5.32 Å². The molecule has 1 fully saturated rings. The predicted octanol–water partition coefficient (Wildman–Crippen LogP) is 3.07. The maximum absolute atomic E-state index is 6.25. The molecule has 0 saturated carbocycles. The summed E-state index contributed by atoms with van der Waals surface area (Å²) in [4.78, 5) is 7.02. The van der Waals surface area contributed by atoms with Gasteiger partial charge in [0.1, 0.15) is 0 Å². The van der Waals surface area contributed by atoms with E-state index in [1.165, 1.54) is 18.4 Å². The topological polar surface area (TPSA) is 28.2 Å². The lowest BCUT2D eigenvalue weighted by Crippen LogP contribution is -2.40. The molecule has 1 saturated heterocycles. The van der Waals surface area contributed by atoms with Crippen molar-refractivity contribution in [3.63, 3.8) is 0 Å². The Bertz CT molecular complexity index is 591. The van der Waals surface area contributed by atoms with E-state index in [1.54, 1.807) is 0 Å². The Morgan fingerprint density at radius 1 is 1.30 bits per heavy atom. The smallest absolute Gasteiger partial charge is 0.0761 e. The van der Waals surface area contributed by atoms with Crippen LogP contribution in [-0.4, -0.2) is 36.1 Å². The molecule has 1 aliphatic heterocycles. The van der Waals surface area contributed by atoms with E-state index >= 15 is 0 Å². The minimum absolute atomic E-state index is 0.673. The van der Waals surface area contributed by atoms with E-state index in [-0.39, 0.29) is 0 Å². The zero-order valence-electron chi connectivity index (χ0n) is 11.8. The van der Waals surface area contributed by atoms with Gasteiger partial charge in [0.25, 0.3) is 0 Å². The molecule has 3 rings (SSSR count). The molecule has 20 heavy (non-hydrogen) atoms. The fourth-order valence-electron chi connectivity index (χ4n) is 2.94. The number of rotatable bonds is 3. The second-order valence-electron chi connectivity index (χ2n) is 5.45. The highest BCUT2D eigenvalue weighted by Gasteiger charge is 2.18. The van der Waals surface area contributed by atoms with E-state index in [0.29, 0.717) is 6.04 Å². The van der Waals surface area contributed by atoms with Crippen LogP contribution in [0.4, 0.5) is 0 Å². The molecule has 0 amide bonds. The van der Waals surface area contributed by atoms with E-state index < -0.39 is 0 Å². The number of nitrogens with zero attached hydrogens (tertiary/aromatic N) is 2. The molecule has 1 aliphatic rings. The van der Waals surface area contributed by atoms with Crippen LogP contribution in [0.15, 0.2) is 30.5 Å². The highest BCUT2D eigenvalue weighted by molar-refractivity contribution is 6.35. The van der Waals surface area contributed by atoms with E-state index in [1.807, 2.05) is 24.4 Å². The Kier molecular flexibility index (Phi) is 4.20. The average Bonchev–Trinajstić information content (AvgIpc) is 2.51. The standard InChI is InChI=1S/C16H20ClN3/c1-18-13-6-9-20(10-7-13)11-12-4-5-15(17)14-3-2-8-19-16(12)14/h2-5,8,13,18H,6-7,9-11H2,1H3. The summed E-state index contributed by atoms with van der Waals surface area (Å²) in [7, 11) is 2.05. The van der Waals surface area contributed by atoms with Crippen molar-refractivity contribution in [2.75, 3.05) is 20.1 Å². The number of piperidine rings is 1. The van der Waals surface area contributed by atoms with Gasteiger partial charge in [-0.1, -0.05) is 17.7 Å². The van der Waals surface area contributed by atoms with Crippen molar-refractivity contribution < 1.29 is 0 Å². The third-order valence-electron chi connectivity index (χ3n) is 4.19. The normalized spacial score (nSPS) is 17.7. The van der Waals surface area contributed by atoms with Crippen LogP contribution in [0.1, 0.15) is 18.4 Å². The number of fused-ring (bicyclic) bond motifs is 1. The van der Waals surface area contributed by atoms with Gasteiger partial charge in [-0.15, -0.1) is 0 Å². The molecule has 3 nitrogen and oxygen atoms in total. The minimum atomic E-state index is 0.673. The first-order valence-corrected chi connectivity index (χ1v) is 7.57. The maximum atomic E-state index is 6.25. The van der Waals surface area contributed by atoms with Gasteiger partial charge < -0.3 is 5.32 Å². The lowest BCUT2D eigenvalue weighted by molar-refractivity contribution is 0.195. The zero-order valence-corrected chi connectivity index (χ0v) is 12.5. The number of likely N-dealkylation sites (tertiary alicyclic amines) is 1. The number of pyridine rings is 1. The highest BCUT2D eigenvalue weighted by Crippen LogP contribution is 2.26. The molecule has 0 bridgehead atoms. The number of benzene rings is 1. The van der Waals surface area contributed by atoms with Gasteiger partial charge in [-0.3, -0.25) is 9.88 Å². The summed E-state index contributed by atoms with van der Waals surface area (Å²) in [6.45, 7) is 3.24. The number of hydrogen-bond donors (Lipinski definition) is 1. The number of nitrogens with one attached hydrogen (secondary N) is 1. The predicted molar refractivity (Wildman–Crippen MR) is 84.1 cm³/mol. The Morgan fingerprint density at radius 2 is 2.10 bits per heavy atom. The Balaban J connectivity index is 1.80. The SMILES string of the molecule is CNC1CCN(Cc2ccc(Cl)c3cccnc23)CC1. The van der Waals surface area contributed by atoms with Crippen molar-refractivity contribution in [2.24, 2.45) is 0 Å². The first-order chi connectivity index (χ1) is 9.78. The Morgan fingerprint density at radius 3 is 2.85 bits per heavy atom. The van der Waals surface area contributed by atoms with Gasteiger partial charge in [0.2, 0.25) is 0 Å². The van der Waals surface area contributed by atoms with Gasteiger partial charge in [0.05, 0.1) is 5.52 Å². The maximum Gasteiger partial charge on any atom is 0.0761 e. The molecule has 1 N–H and O–H groups in total. The summed E-state index contributed by atoms with van der Waals surface area (Å²) in [6.07, 6.45) is 4.28. The van der Waals surface area contributed by atoms with Crippen molar-refractivity contribution in [1.82, 2.24) is 15.2 Å². The van der Waals surface area contributed by atoms with Crippen LogP contribution in [0, 0.1) is 0 Å². The zero-order chi connectivity index (χ0) is 13.9. The fraction of sp³-hybridized carbons (Fsp3) is 0.438. The molecule has 0 atom stereocenters. The van der Waals surface area contributed by atoms with E-state index in [4.69, 9.17) is 11.6 Å². The van der Waals surface area contributed by atoms with Crippen molar-refractivity contribution in [1.29, 1.82) is 0 Å². The lowest BCUT2D eigenvalue weighted by atomic mass is 10.0. The third kappa shape index (κ3) is 2.80. The van der Waals surface area contributed by atoms with Crippen molar-refractivity contribution in [3.05, 3.63) is 41.0 Å².